The standard InChI is InChI=1S/C18H17N3O2S/c1-22-17-9-8-15-18(20-17)16(10-11-19-15)23-13-4-2-12(3-5-13)21-24-14-6-7-14/h2-5,8-11,14,21H,6-7H2,1H3. The first-order chi connectivity index (χ1) is 11.8. The summed E-state index contributed by atoms with van der Waals surface area (Å²) in [4.78, 5) is 8.75. The van der Waals surface area contributed by atoms with Gasteiger partial charge in [-0.2, -0.15) is 0 Å². The highest BCUT2D eigenvalue weighted by molar-refractivity contribution is 8.01. The Hall–Kier alpha value is -2.47. The number of pyridine rings is 2. The summed E-state index contributed by atoms with van der Waals surface area (Å²) in [5.74, 6) is 1.96. The van der Waals surface area contributed by atoms with Crippen LogP contribution in [0.2, 0.25) is 0 Å². The molecule has 0 atom stereocenters. The Morgan fingerprint density at radius 2 is 1.92 bits per heavy atom. The fourth-order valence-corrected chi connectivity index (χ4v) is 3.05. The second-order valence-corrected chi connectivity index (χ2v) is 6.68. The Morgan fingerprint density at radius 1 is 1.08 bits per heavy atom. The van der Waals surface area contributed by atoms with E-state index in [9.17, 15) is 0 Å². The Labute approximate surface area is 144 Å². The zero-order valence-electron chi connectivity index (χ0n) is 13.2. The molecule has 5 nitrogen and oxygen atoms in total. The van der Waals surface area contributed by atoms with E-state index in [4.69, 9.17) is 9.47 Å². The van der Waals surface area contributed by atoms with Crippen LogP contribution >= 0.6 is 11.9 Å². The van der Waals surface area contributed by atoms with Crippen molar-refractivity contribution in [1.29, 1.82) is 0 Å². The van der Waals surface area contributed by atoms with Gasteiger partial charge < -0.3 is 14.2 Å². The van der Waals surface area contributed by atoms with Crippen LogP contribution in [0.3, 0.4) is 0 Å². The van der Waals surface area contributed by atoms with Gasteiger partial charge in [0.15, 0.2) is 5.75 Å². The van der Waals surface area contributed by atoms with E-state index in [1.807, 2.05) is 36.4 Å². The first-order valence-electron chi connectivity index (χ1n) is 7.81. The minimum Gasteiger partial charge on any atom is -0.481 e. The van der Waals surface area contributed by atoms with Crippen LogP contribution in [0.25, 0.3) is 11.0 Å². The van der Waals surface area contributed by atoms with Gasteiger partial charge in [-0.25, -0.2) is 4.98 Å². The van der Waals surface area contributed by atoms with Gasteiger partial charge >= 0.3 is 0 Å². The molecule has 0 aliphatic heterocycles. The van der Waals surface area contributed by atoms with Crippen molar-refractivity contribution in [2.24, 2.45) is 0 Å². The van der Waals surface area contributed by atoms with E-state index in [0.29, 0.717) is 17.1 Å². The third-order valence-electron chi connectivity index (χ3n) is 3.68. The lowest BCUT2D eigenvalue weighted by atomic mass is 10.3. The van der Waals surface area contributed by atoms with Gasteiger partial charge in [-0.3, -0.25) is 4.98 Å². The molecular formula is C18H17N3O2S. The van der Waals surface area contributed by atoms with Crippen molar-refractivity contribution in [3.63, 3.8) is 0 Å². The molecule has 0 amide bonds. The molecule has 1 fully saturated rings. The summed E-state index contributed by atoms with van der Waals surface area (Å²) in [5.41, 5.74) is 2.54. The number of ether oxygens (including phenoxy) is 2. The third kappa shape index (κ3) is 3.38. The molecule has 0 radical (unpaired) electrons. The van der Waals surface area contributed by atoms with Crippen LogP contribution in [-0.2, 0) is 0 Å². The lowest BCUT2D eigenvalue weighted by molar-refractivity contribution is 0.399. The Morgan fingerprint density at radius 3 is 2.67 bits per heavy atom. The average molecular weight is 339 g/mol. The fourth-order valence-electron chi connectivity index (χ4n) is 2.23. The zero-order valence-corrected chi connectivity index (χ0v) is 14.0. The lowest BCUT2D eigenvalue weighted by Gasteiger charge is -2.10. The maximum atomic E-state index is 5.99. The number of nitrogens with one attached hydrogen (secondary N) is 1. The van der Waals surface area contributed by atoms with Gasteiger partial charge in [-0.1, -0.05) is 0 Å². The van der Waals surface area contributed by atoms with Gasteiger partial charge in [0, 0.05) is 29.3 Å². The van der Waals surface area contributed by atoms with Crippen LogP contribution in [0.1, 0.15) is 12.8 Å². The van der Waals surface area contributed by atoms with E-state index < -0.39 is 0 Å². The van der Waals surface area contributed by atoms with Crippen molar-refractivity contribution in [2.45, 2.75) is 18.1 Å². The number of methoxy groups -OCH3 is 1. The summed E-state index contributed by atoms with van der Waals surface area (Å²) >= 11 is 1.79. The van der Waals surface area contributed by atoms with E-state index in [-0.39, 0.29) is 0 Å². The monoisotopic (exact) mass is 339 g/mol. The number of benzene rings is 1. The van der Waals surface area contributed by atoms with Crippen molar-refractivity contribution in [2.75, 3.05) is 11.8 Å². The number of rotatable bonds is 6. The molecule has 1 N–H and O–H groups in total. The summed E-state index contributed by atoms with van der Waals surface area (Å²) in [5, 5.41) is 0.769. The van der Waals surface area contributed by atoms with E-state index in [1.165, 1.54) is 12.8 Å². The zero-order chi connectivity index (χ0) is 16.4. The first kappa shape index (κ1) is 15.1. The van der Waals surface area contributed by atoms with Crippen LogP contribution < -0.4 is 14.2 Å². The summed E-state index contributed by atoms with van der Waals surface area (Å²) in [6, 6.07) is 13.4. The summed E-state index contributed by atoms with van der Waals surface area (Å²) in [6.07, 6.45) is 4.34. The van der Waals surface area contributed by atoms with Crippen LogP contribution in [0.4, 0.5) is 5.69 Å². The number of fused-ring (bicyclic) bond motifs is 1. The van der Waals surface area contributed by atoms with Crippen molar-refractivity contribution < 1.29 is 9.47 Å². The SMILES string of the molecule is COc1ccc2nccc(Oc3ccc(NSC4CC4)cc3)c2n1. The highest BCUT2D eigenvalue weighted by atomic mass is 32.2. The van der Waals surface area contributed by atoms with Crippen LogP contribution in [0.15, 0.2) is 48.7 Å². The Balaban J connectivity index is 1.54. The maximum Gasteiger partial charge on any atom is 0.213 e. The van der Waals surface area contributed by atoms with Crippen LogP contribution in [0.5, 0.6) is 17.4 Å². The number of nitrogens with zero attached hydrogens (tertiary/aromatic N) is 2. The molecule has 3 aromatic rings. The van der Waals surface area contributed by atoms with Gasteiger partial charge in [-0.15, -0.1) is 0 Å². The minimum absolute atomic E-state index is 0.539. The Bertz CT molecular complexity index is 851. The van der Waals surface area contributed by atoms with Crippen molar-refractivity contribution in [1.82, 2.24) is 9.97 Å². The van der Waals surface area contributed by atoms with Gasteiger partial charge in [-0.05, 0) is 55.1 Å². The molecule has 24 heavy (non-hydrogen) atoms. The lowest BCUT2D eigenvalue weighted by Crippen LogP contribution is -1.93. The van der Waals surface area contributed by atoms with E-state index in [0.717, 1.165) is 22.2 Å². The third-order valence-corrected chi connectivity index (χ3v) is 4.84. The predicted molar refractivity (Wildman–Crippen MR) is 96.8 cm³/mol. The molecule has 4 rings (SSSR count). The molecule has 1 saturated carbocycles. The second-order valence-electron chi connectivity index (χ2n) is 5.58. The summed E-state index contributed by atoms with van der Waals surface area (Å²) in [7, 11) is 1.59. The number of hydrogen-bond donors (Lipinski definition) is 1. The van der Waals surface area contributed by atoms with Crippen molar-refractivity contribution >= 4 is 28.7 Å². The topological polar surface area (TPSA) is 56.3 Å². The van der Waals surface area contributed by atoms with Crippen LogP contribution in [-0.4, -0.2) is 22.3 Å². The quantitative estimate of drug-likeness (QED) is 0.660. The van der Waals surface area contributed by atoms with E-state index in [2.05, 4.69) is 14.7 Å². The molecule has 6 heteroatoms. The molecule has 1 aromatic carbocycles. The van der Waals surface area contributed by atoms with Gasteiger partial charge in [0.2, 0.25) is 5.88 Å². The van der Waals surface area contributed by atoms with E-state index in [1.54, 1.807) is 31.3 Å². The molecule has 0 saturated heterocycles. The molecule has 0 unspecified atom stereocenters. The highest BCUT2D eigenvalue weighted by Gasteiger charge is 2.21. The molecule has 2 heterocycles. The molecular weight excluding hydrogens is 322 g/mol. The number of anilines is 1. The van der Waals surface area contributed by atoms with Gasteiger partial charge in [0.05, 0.1) is 12.6 Å². The molecule has 1 aliphatic carbocycles. The van der Waals surface area contributed by atoms with Gasteiger partial charge in [0.25, 0.3) is 0 Å². The highest BCUT2D eigenvalue weighted by Crippen LogP contribution is 2.35. The predicted octanol–water partition coefficient (Wildman–Crippen LogP) is 4.65. The average Bonchev–Trinajstić information content (AvgIpc) is 3.45. The molecule has 122 valence electrons. The van der Waals surface area contributed by atoms with Gasteiger partial charge in [0.1, 0.15) is 11.3 Å². The largest absolute Gasteiger partial charge is 0.481 e. The summed E-state index contributed by atoms with van der Waals surface area (Å²) < 4.78 is 14.5. The summed E-state index contributed by atoms with van der Waals surface area (Å²) in [6.45, 7) is 0. The molecule has 1 aliphatic rings. The molecule has 0 bridgehead atoms. The normalized spacial score (nSPS) is 13.7. The maximum absolute atomic E-state index is 5.99. The second kappa shape index (κ2) is 6.57. The first-order valence-corrected chi connectivity index (χ1v) is 8.69. The van der Waals surface area contributed by atoms with Crippen LogP contribution in [0, 0.1) is 0 Å². The Kier molecular flexibility index (Phi) is 4.13. The van der Waals surface area contributed by atoms with E-state index >= 15 is 0 Å². The molecule has 2 aromatic heterocycles. The number of aromatic nitrogens is 2. The van der Waals surface area contributed by atoms with Crippen molar-refractivity contribution in [3.8, 4) is 17.4 Å². The minimum atomic E-state index is 0.539. The smallest absolute Gasteiger partial charge is 0.213 e. The number of hydrogen-bond acceptors (Lipinski definition) is 6. The van der Waals surface area contributed by atoms with Crippen molar-refractivity contribution in [3.05, 3.63) is 48.7 Å². The molecule has 0 spiro atoms. The fraction of sp³-hybridized carbons (Fsp3) is 0.222.